The Morgan fingerprint density at radius 3 is 2.62 bits per heavy atom. The number of likely N-dealkylation sites (tertiary alicyclic amines) is 1. The van der Waals surface area contributed by atoms with Gasteiger partial charge in [0.25, 0.3) is 0 Å². The zero-order chi connectivity index (χ0) is 18.7. The van der Waals surface area contributed by atoms with Gasteiger partial charge in [0.2, 0.25) is 0 Å². The molecule has 0 saturated carbocycles. The smallest absolute Gasteiger partial charge is 0.335 e. The van der Waals surface area contributed by atoms with E-state index in [0.717, 1.165) is 31.6 Å². The van der Waals surface area contributed by atoms with Crippen molar-refractivity contribution in [2.24, 2.45) is 5.92 Å². The molecule has 2 atom stereocenters. The van der Waals surface area contributed by atoms with E-state index in [1.807, 2.05) is 12.1 Å². The monoisotopic (exact) mass is 369 g/mol. The summed E-state index contributed by atoms with van der Waals surface area (Å²) in [6.45, 7) is 7.60. The highest BCUT2D eigenvalue weighted by Crippen LogP contribution is 2.40. The predicted molar refractivity (Wildman–Crippen MR) is 108 cm³/mol. The molecule has 1 aliphatic rings. The van der Waals surface area contributed by atoms with Crippen molar-refractivity contribution in [1.82, 2.24) is 4.90 Å². The van der Waals surface area contributed by atoms with Gasteiger partial charge in [0.15, 0.2) is 0 Å². The predicted octanol–water partition coefficient (Wildman–Crippen LogP) is 4.91. The highest BCUT2D eigenvalue weighted by Gasteiger charge is 2.38. The number of benzene rings is 2. The number of hydrogen-bond acceptors (Lipinski definition) is 3. The maximum Gasteiger partial charge on any atom is 0.335 e. The third kappa shape index (κ3) is 3.97. The van der Waals surface area contributed by atoms with E-state index >= 15 is 0 Å². The molecule has 0 spiro atoms. The maximum absolute atomic E-state index is 11.3. The standard InChI is InChI=1S/C22H27NO2S/c1-16-14-23(15-17-7-9-20(26-3)10-8-17)12-11-22(16,2)19-6-4-5-18(13-19)21(24)25/h4-10,13,16H,11-12,14-15H2,1-3H3,(H,24,25). The first kappa shape index (κ1) is 19.0. The first-order valence-electron chi connectivity index (χ1n) is 9.11. The normalized spacial score (nSPS) is 23.7. The molecule has 1 N–H and O–H groups in total. The van der Waals surface area contributed by atoms with Gasteiger partial charge in [0, 0.05) is 18.0 Å². The molecule has 1 saturated heterocycles. The second kappa shape index (κ2) is 7.85. The fraction of sp³-hybridized carbons (Fsp3) is 0.409. The van der Waals surface area contributed by atoms with Crippen LogP contribution in [0.25, 0.3) is 0 Å². The lowest BCUT2D eigenvalue weighted by Crippen LogP contribution is -2.47. The molecular formula is C22H27NO2S. The van der Waals surface area contributed by atoms with Crippen LogP contribution in [0.5, 0.6) is 0 Å². The van der Waals surface area contributed by atoms with Gasteiger partial charge in [0.05, 0.1) is 5.56 Å². The molecule has 138 valence electrons. The van der Waals surface area contributed by atoms with Crippen LogP contribution in [-0.2, 0) is 12.0 Å². The Kier molecular flexibility index (Phi) is 5.73. The van der Waals surface area contributed by atoms with E-state index in [0.29, 0.717) is 11.5 Å². The summed E-state index contributed by atoms with van der Waals surface area (Å²) in [6, 6.07) is 16.3. The summed E-state index contributed by atoms with van der Waals surface area (Å²) in [5, 5.41) is 9.29. The molecule has 2 unspecified atom stereocenters. The molecule has 0 aliphatic carbocycles. The molecular weight excluding hydrogens is 342 g/mol. The van der Waals surface area contributed by atoms with Crippen LogP contribution in [0.4, 0.5) is 0 Å². The minimum absolute atomic E-state index is 0.0185. The Morgan fingerprint density at radius 1 is 1.27 bits per heavy atom. The van der Waals surface area contributed by atoms with E-state index in [9.17, 15) is 9.90 Å². The average Bonchev–Trinajstić information content (AvgIpc) is 2.65. The van der Waals surface area contributed by atoms with Gasteiger partial charge >= 0.3 is 5.97 Å². The molecule has 2 aromatic carbocycles. The lowest BCUT2D eigenvalue weighted by molar-refractivity contribution is 0.0696. The molecule has 0 amide bonds. The summed E-state index contributed by atoms with van der Waals surface area (Å²) < 4.78 is 0. The molecule has 3 nitrogen and oxygen atoms in total. The number of carbonyl (C=O) groups is 1. The van der Waals surface area contributed by atoms with E-state index in [1.54, 1.807) is 17.8 Å². The summed E-state index contributed by atoms with van der Waals surface area (Å²) >= 11 is 1.77. The summed E-state index contributed by atoms with van der Waals surface area (Å²) in [5.41, 5.74) is 2.90. The van der Waals surface area contributed by atoms with Gasteiger partial charge in [-0.25, -0.2) is 4.79 Å². The van der Waals surface area contributed by atoms with Crippen molar-refractivity contribution in [3.8, 4) is 0 Å². The van der Waals surface area contributed by atoms with Crippen molar-refractivity contribution in [2.75, 3.05) is 19.3 Å². The van der Waals surface area contributed by atoms with Crippen LogP contribution in [0.15, 0.2) is 53.4 Å². The summed E-state index contributed by atoms with van der Waals surface area (Å²) in [6.07, 6.45) is 3.14. The lowest BCUT2D eigenvalue weighted by Gasteiger charge is -2.45. The van der Waals surface area contributed by atoms with Gasteiger partial charge in [-0.15, -0.1) is 11.8 Å². The van der Waals surface area contributed by atoms with Crippen molar-refractivity contribution < 1.29 is 9.90 Å². The molecule has 0 radical (unpaired) electrons. The second-order valence-electron chi connectivity index (χ2n) is 7.54. The fourth-order valence-electron chi connectivity index (χ4n) is 3.89. The number of piperidine rings is 1. The van der Waals surface area contributed by atoms with Gasteiger partial charge in [0.1, 0.15) is 0 Å². The van der Waals surface area contributed by atoms with Crippen molar-refractivity contribution in [3.63, 3.8) is 0 Å². The SMILES string of the molecule is CSc1ccc(CN2CCC(C)(c3cccc(C(=O)O)c3)C(C)C2)cc1. The number of aromatic carboxylic acids is 1. The van der Waals surface area contributed by atoms with Crippen molar-refractivity contribution >= 4 is 17.7 Å². The summed E-state index contributed by atoms with van der Waals surface area (Å²) in [4.78, 5) is 15.1. The minimum atomic E-state index is -0.853. The number of nitrogens with zero attached hydrogens (tertiary/aromatic N) is 1. The first-order chi connectivity index (χ1) is 12.4. The van der Waals surface area contributed by atoms with Gasteiger partial charge < -0.3 is 5.11 Å². The van der Waals surface area contributed by atoms with Gasteiger partial charge in [-0.05, 0) is 65.9 Å². The third-order valence-corrected chi connectivity index (χ3v) is 6.64. The molecule has 1 fully saturated rings. The quantitative estimate of drug-likeness (QED) is 0.761. The maximum atomic E-state index is 11.3. The Labute approximate surface area is 160 Å². The van der Waals surface area contributed by atoms with Gasteiger partial charge in [-0.3, -0.25) is 4.90 Å². The number of thioether (sulfide) groups is 1. The number of hydrogen-bond donors (Lipinski definition) is 1. The van der Waals surface area contributed by atoms with Crippen LogP contribution in [0.1, 0.15) is 41.8 Å². The van der Waals surface area contributed by atoms with Crippen molar-refractivity contribution in [1.29, 1.82) is 0 Å². The van der Waals surface area contributed by atoms with Gasteiger partial charge in [-0.1, -0.05) is 38.1 Å². The van der Waals surface area contributed by atoms with Crippen LogP contribution >= 0.6 is 11.8 Å². The van der Waals surface area contributed by atoms with Crippen LogP contribution < -0.4 is 0 Å². The average molecular weight is 370 g/mol. The Bertz CT molecular complexity index is 774. The van der Waals surface area contributed by atoms with Crippen molar-refractivity contribution in [3.05, 3.63) is 65.2 Å². The minimum Gasteiger partial charge on any atom is -0.478 e. The third-order valence-electron chi connectivity index (χ3n) is 5.90. The Morgan fingerprint density at radius 2 is 2.00 bits per heavy atom. The van der Waals surface area contributed by atoms with E-state index in [4.69, 9.17) is 0 Å². The van der Waals surface area contributed by atoms with E-state index in [-0.39, 0.29) is 5.41 Å². The number of rotatable bonds is 5. The number of carboxylic acids is 1. The van der Waals surface area contributed by atoms with Crippen LogP contribution in [0.3, 0.4) is 0 Å². The highest BCUT2D eigenvalue weighted by atomic mass is 32.2. The Balaban J connectivity index is 1.70. The van der Waals surface area contributed by atoms with Crippen LogP contribution in [0, 0.1) is 5.92 Å². The van der Waals surface area contributed by atoms with E-state index < -0.39 is 5.97 Å². The highest BCUT2D eigenvalue weighted by molar-refractivity contribution is 7.98. The molecule has 3 rings (SSSR count). The zero-order valence-electron chi connectivity index (χ0n) is 15.7. The van der Waals surface area contributed by atoms with E-state index in [2.05, 4.69) is 55.3 Å². The zero-order valence-corrected chi connectivity index (χ0v) is 16.6. The topological polar surface area (TPSA) is 40.5 Å². The van der Waals surface area contributed by atoms with Crippen LogP contribution in [-0.4, -0.2) is 35.3 Å². The summed E-state index contributed by atoms with van der Waals surface area (Å²) in [5.74, 6) is -0.389. The second-order valence-corrected chi connectivity index (χ2v) is 8.42. The van der Waals surface area contributed by atoms with Gasteiger partial charge in [-0.2, -0.15) is 0 Å². The molecule has 26 heavy (non-hydrogen) atoms. The molecule has 4 heteroatoms. The molecule has 0 aromatic heterocycles. The molecule has 1 aliphatic heterocycles. The molecule has 0 bridgehead atoms. The fourth-order valence-corrected chi connectivity index (χ4v) is 4.29. The first-order valence-corrected chi connectivity index (χ1v) is 10.3. The van der Waals surface area contributed by atoms with Crippen LogP contribution in [0.2, 0.25) is 0 Å². The molecule has 2 aromatic rings. The Hall–Kier alpha value is -1.78. The van der Waals surface area contributed by atoms with E-state index in [1.165, 1.54) is 10.5 Å². The van der Waals surface area contributed by atoms with Crippen molar-refractivity contribution in [2.45, 2.75) is 37.1 Å². The number of carboxylic acid groups (broad SMARTS) is 1. The molecule has 1 heterocycles. The lowest BCUT2D eigenvalue weighted by atomic mass is 9.68. The summed E-state index contributed by atoms with van der Waals surface area (Å²) in [7, 11) is 0. The largest absolute Gasteiger partial charge is 0.478 e.